The van der Waals surface area contributed by atoms with Crippen molar-refractivity contribution in [1.82, 2.24) is 10.3 Å². The lowest BCUT2D eigenvalue weighted by Crippen LogP contribution is -2.50. The number of hydrogen-bond donors (Lipinski definition) is 2. The number of aromatic amines is 1. The Bertz CT molecular complexity index is 1050. The van der Waals surface area contributed by atoms with Gasteiger partial charge in [-0.1, -0.05) is 25.4 Å². The highest BCUT2D eigenvalue weighted by atomic mass is 79.9. The smallest absolute Gasteiger partial charge is 0.407 e. The van der Waals surface area contributed by atoms with Crippen LogP contribution in [0.15, 0.2) is 27.6 Å². The minimum absolute atomic E-state index is 0.00894. The molecular formula is C25H34BrClN2O4. The number of alkyl carbamates (subject to hydrolysis) is 1. The van der Waals surface area contributed by atoms with Gasteiger partial charge in [0.1, 0.15) is 11.4 Å². The van der Waals surface area contributed by atoms with Gasteiger partial charge in [-0.15, -0.1) is 0 Å². The summed E-state index contributed by atoms with van der Waals surface area (Å²) in [5.41, 5.74) is -0.698. The van der Waals surface area contributed by atoms with Gasteiger partial charge in [-0.05, 0) is 92.8 Å². The minimum Gasteiger partial charge on any atom is -0.489 e. The zero-order chi connectivity index (χ0) is 24.4. The molecule has 1 aliphatic rings. The standard InChI is InChI=1S/C25H34BrClN2O4/c1-6-21(29-23(31)33-24(3,4)5)25(7-2)10-8-15(9-11-25)32-20-13-16-17(12-19(20)27)22(30)28-14-18(16)26/h12-15,21H,6-11H2,1-5H3,(H,28,30)(H,29,31)/t15-,21-,25+/m1/s1. The molecule has 0 unspecified atom stereocenters. The van der Waals surface area contributed by atoms with E-state index in [2.05, 4.69) is 40.1 Å². The number of pyridine rings is 1. The predicted octanol–water partition coefficient (Wildman–Crippen LogP) is 6.97. The number of rotatable bonds is 6. The first-order chi connectivity index (χ1) is 15.5. The molecule has 1 aliphatic carbocycles. The summed E-state index contributed by atoms with van der Waals surface area (Å²) in [6.45, 7) is 9.92. The number of carbonyl (C=O) groups is 1. The number of fused-ring (bicyclic) bond motifs is 1. The number of ether oxygens (including phenoxy) is 2. The quantitative estimate of drug-likeness (QED) is 0.414. The lowest BCUT2D eigenvalue weighted by molar-refractivity contribution is 0.0249. The maximum absolute atomic E-state index is 12.4. The molecule has 1 amide bonds. The second-order valence-electron chi connectivity index (χ2n) is 9.93. The maximum atomic E-state index is 12.4. The maximum Gasteiger partial charge on any atom is 0.407 e. The van der Waals surface area contributed by atoms with E-state index in [1.54, 1.807) is 12.3 Å². The minimum atomic E-state index is -0.522. The largest absolute Gasteiger partial charge is 0.489 e. The van der Waals surface area contributed by atoms with E-state index < -0.39 is 5.60 Å². The highest BCUT2D eigenvalue weighted by Crippen LogP contribution is 2.45. The average molecular weight is 542 g/mol. The summed E-state index contributed by atoms with van der Waals surface area (Å²) >= 11 is 9.95. The fourth-order valence-corrected chi connectivity index (χ4v) is 5.51. The SMILES string of the molecule is CC[C@@H](NC(=O)OC(C)(C)C)[C@]1(CC)CC[C@H](Oc2cc3c(Br)c[nH]c(=O)c3cc2Cl)CC1. The number of aromatic nitrogens is 1. The topological polar surface area (TPSA) is 80.4 Å². The fraction of sp³-hybridized carbons (Fsp3) is 0.600. The van der Waals surface area contributed by atoms with Crippen molar-refractivity contribution in [3.63, 3.8) is 0 Å². The molecule has 2 N–H and O–H groups in total. The van der Waals surface area contributed by atoms with Crippen LogP contribution >= 0.6 is 27.5 Å². The third-order valence-electron chi connectivity index (χ3n) is 6.67. The molecule has 2 aromatic rings. The molecular weight excluding hydrogens is 508 g/mol. The first-order valence-electron chi connectivity index (χ1n) is 11.6. The molecule has 0 radical (unpaired) electrons. The van der Waals surface area contributed by atoms with Crippen molar-refractivity contribution in [2.45, 2.75) is 90.9 Å². The second-order valence-corrected chi connectivity index (χ2v) is 11.2. The van der Waals surface area contributed by atoms with Gasteiger partial charge in [-0.3, -0.25) is 4.79 Å². The Labute approximate surface area is 208 Å². The highest BCUT2D eigenvalue weighted by molar-refractivity contribution is 9.10. The highest BCUT2D eigenvalue weighted by Gasteiger charge is 2.41. The predicted molar refractivity (Wildman–Crippen MR) is 136 cm³/mol. The lowest BCUT2D eigenvalue weighted by atomic mass is 9.66. The van der Waals surface area contributed by atoms with E-state index in [9.17, 15) is 9.59 Å². The summed E-state index contributed by atoms with van der Waals surface area (Å²) in [7, 11) is 0. The number of nitrogens with one attached hydrogen (secondary N) is 2. The summed E-state index contributed by atoms with van der Waals surface area (Å²) in [6.07, 6.45) is 6.73. The van der Waals surface area contributed by atoms with E-state index >= 15 is 0 Å². The van der Waals surface area contributed by atoms with Crippen LogP contribution in [-0.2, 0) is 4.74 Å². The van der Waals surface area contributed by atoms with Crippen molar-refractivity contribution in [3.05, 3.63) is 38.2 Å². The molecule has 8 heteroatoms. The average Bonchev–Trinajstić information content (AvgIpc) is 2.75. The Morgan fingerprint density at radius 2 is 1.94 bits per heavy atom. The summed E-state index contributed by atoms with van der Waals surface area (Å²) in [6, 6.07) is 3.54. The van der Waals surface area contributed by atoms with Crippen molar-refractivity contribution in [1.29, 1.82) is 0 Å². The molecule has 33 heavy (non-hydrogen) atoms. The monoisotopic (exact) mass is 540 g/mol. The molecule has 1 atom stereocenters. The van der Waals surface area contributed by atoms with Gasteiger partial charge in [-0.2, -0.15) is 0 Å². The number of H-pyrrole nitrogens is 1. The van der Waals surface area contributed by atoms with Crippen LogP contribution in [0.3, 0.4) is 0 Å². The summed E-state index contributed by atoms with van der Waals surface area (Å²) in [5.74, 6) is 0.586. The molecule has 1 fully saturated rings. The van der Waals surface area contributed by atoms with Crippen molar-refractivity contribution in [2.75, 3.05) is 0 Å². The van der Waals surface area contributed by atoms with Crippen molar-refractivity contribution in [3.8, 4) is 5.75 Å². The van der Waals surface area contributed by atoms with Gasteiger partial charge in [0.2, 0.25) is 0 Å². The van der Waals surface area contributed by atoms with Crippen LogP contribution in [0.25, 0.3) is 10.8 Å². The summed E-state index contributed by atoms with van der Waals surface area (Å²) in [4.78, 5) is 27.2. The van der Waals surface area contributed by atoms with Crippen LogP contribution in [0.5, 0.6) is 5.75 Å². The lowest BCUT2D eigenvalue weighted by Gasteiger charge is -2.45. The van der Waals surface area contributed by atoms with E-state index in [-0.39, 0.29) is 29.2 Å². The molecule has 0 bridgehead atoms. The van der Waals surface area contributed by atoms with Crippen molar-refractivity contribution >= 4 is 44.4 Å². The first kappa shape index (κ1) is 25.9. The Balaban J connectivity index is 1.71. The van der Waals surface area contributed by atoms with Gasteiger partial charge < -0.3 is 19.8 Å². The van der Waals surface area contributed by atoms with Crippen LogP contribution < -0.4 is 15.6 Å². The zero-order valence-corrected chi connectivity index (χ0v) is 22.4. The molecule has 0 aliphatic heterocycles. The molecule has 0 spiro atoms. The van der Waals surface area contributed by atoms with Crippen LogP contribution in [-0.4, -0.2) is 28.8 Å². The van der Waals surface area contributed by atoms with Crippen LogP contribution in [0, 0.1) is 5.41 Å². The third-order valence-corrected chi connectivity index (χ3v) is 7.62. The number of carbonyl (C=O) groups excluding carboxylic acids is 1. The Kier molecular flexibility index (Phi) is 8.05. The summed E-state index contributed by atoms with van der Waals surface area (Å²) < 4.78 is 12.6. The number of benzene rings is 1. The van der Waals surface area contributed by atoms with E-state index in [0.717, 1.165) is 48.4 Å². The summed E-state index contributed by atoms with van der Waals surface area (Å²) in [5, 5.41) is 4.85. The van der Waals surface area contributed by atoms with Crippen LogP contribution in [0.4, 0.5) is 4.79 Å². The molecule has 1 saturated carbocycles. The molecule has 1 heterocycles. The Hall–Kier alpha value is -1.73. The van der Waals surface area contributed by atoms with Gasteiger partial charge in [0, 0.05) is 27.5 Å². The van der Waals surface area contributed by atoms with Crippen LogP contribution in [0.2, 0.25) is 5.02 Å². The van der Waals surface area contributed by atoms with Gasteiger partial charge in [-0.25, -0.2) is 4.79 Å². The van der Waals surface area contributed by atoms with Crippen molar-refractivity contribution in [2.24, 2.45) is 5.41 Å². The Morgan fingerprint density at radius 3 is 2.52 bits per heavy atom. The number of amides is 1. The van der Waals surface area contributed by atoms with Gasteiger partial charge in [0.25, 0.3) is 5.56 Å². The van der Waals surface area contributed by atoms with Gasteiger partial charge >= 0.3 is 6.09 Å². The molecule has 3 rings (SSSR count). The number of halogens is 2. The zero-order valence-electron chi connectivity index (χ0n) is 20.0. The first-order valence-corrected chi connectivity index (χ1v) is 12.8. The van der Waals surface area contributed by atoms with E-state index in [0.29, 0.717) is 16.2 Å². The normalized spacial score (nSPS) is 22.1. The molecule has 182 valence electrons. The fourth-order valence-electron chi connectivity index (χ4n) is 4.86. The van der Waals surface area contributed by atoms with Gasteiger partial charge in [0.15, 0.2) is 0 Å². The molecule has 6 nitrogen and oxygen atoms in total. The third kappa shape index (κ3) is 6.04. The number of hydrogen-bond acceptors (Lipinski definition) is 4. The molecule has 0 saturated heterocycles. The van der Waals surface area contributed by atoms with Gasteiger partial charge in [0.05, 0.1) is 11.1 Å². The van der Waals surface area contributed by atoms with E-state index in [1.807, 2.05) is 26.8 Å². The molecule has 1 aromatic carbocycles. The van der Waals surface area contributed by atoms with E-state index in [1.165, 1.54) is 0 Å². The molecule has 1 aromatic heterocycles. The van der Waals surface area contributed by atoms with E-state index in [4.69, 9.17) is 21.1 Å². The second kappa shape index (κ2) is 10.3. The van der Waals surface area contributed by atoms with Crippen molar-refractivity contribution < 1.29 is 14.3 Å². The van der Waals surface area contributed by atoms with Crippen LogP contribution in [0.1, 0.15) is 73.1 Å². The Morgan fingerprint density at radius 1 is 1.27 bits per heavy atom.